The zero-order valence-electron chi connectivity index (χ0n) is 10.4. The summed E-state index contributed by atoms with van der Waals surface area (Å²) in [5, 5.41) is 8.64. The summed E-state index contributed by atoms with van der Waals surface area (Å²) in [6.07, 6.45) is -3.99. The van der Waals surface area contributed by atoms with Gasteiger partial charge in [-0.25, -0.2) is 4.98 Å². The normalized spacial score (nSPS) is 23.5. The van der Waals surface area contributed by atoms with Crippen molar-refractivity contribution < 1.29 is 16.8 Å². The number of nitrogens with zero attached hydrogens (tertiary/aromatic N) is 1. The second-order valence-electron chi connectivity index (χ2n) is 1.68. The summed E-state index contributed by atoms with van der Waals surface area (Å²) in [5.41, 5.74) is 4.45. The van der Waals surface area contributed by atoms with Gasteiger partial charge in [0.15, 0.2) is 0 Å². The minimum atomic E-state index is -2.97. The van der Waals surface area contributed by atoms with Gasteiger partial charge in [-0.15, -0.1) is 0 Å². The van der Waals surface area contributed by atoms with Gasteiger partial charge in [0.1, 0.15) is 7.39 Å². The molecule has 0 radical (unpaired) electrons. The van der Waals surface area contributed by atoms with Crippen molar-refractivity contribution in [2.45, 2.75) is 12.4 Å². The van der Waals surface area contributed by atoms with Crippen molar-refractivity contribution in [1.82, 2.24) is 9.97 Å². The van der Waals surface area contributed by atoms with Crippen LogP contribution in [0.5, 0.6) is 0 Å². The van der Waals surface area contributed by atoms with Crippen molar-refractivity contribution in [3.63, 3.8) is 0 Å². The second kappa shape index (κ2) is 3.16. The number of imidazole rings is 1. The lowest BCUT2D eigenvalue weighted by Crippen LogP contribution is -2.32. The van der Waals surface area contributed by atoms with E-state index in [0.29, 0.717) is 0 Å². The number of nitrogens with one attached hydrogen (secondary N) is 1. The van der Waals surface area contributed by atoms with Crippen LogP contribution >= 0.6 is 0 Å². The quantitative estimate of drug-likeness (QED) is 0.517. The molecule has 0 aromatic carbocycles. The second-order valence-corrected chi connectivity index (χ2v) is 1.68. The number of carbonyl (C=O) groups is 1. The highest BCUT2D eigenvalue weighted by molar-refractivity contribution is 5.73. The first-order valence-corrected chi connectivity index (χ1v) is 2.66. The monoisotopic (exact) mass is 163 g/mol. The van der Waals surface area contributed by atoms with Crippen molar-refractivity contribution in [3.05, 3.63) is 18.2 Å². The summed E-state index contributed by atoms with van der Waals surface area (Å²) in [6.45, 7) is 0. The van der Waals surface area contributed by atoms with Gasteiger partial charge in [-0.1, -0.05) is 0 Å². The molecule has 0 aliphatic rings. The smallest absolute Gasteiger partial charge is 0.320 e. The number of aromatic nitrogens is 2. The average molecular weight is 163 g/mol. The van der Waals surface area contributed by atoms with Crippen LogP contribution in [0.1, 0.15) is 12.5 Å². The molecule has 1 heterocycles. The van der Waals surface area contributed by atoms with Crippen LogP contribution in [0.3, 0.4) is 0 Å². The van der Waals surface area contributed by atoms with Crippen LogP contribution in [0.2, 0.25) is 0 Å². The van der Waals surface area contributed by atoms with Crippen LogP contribution in [0.4, 0.5) is 0 Å². The summed E-state index contributed by atoms with van der Waals surface area (Å²) < 4.78 is 36.4. The van der Waals surface area contributed by atoms with E-state index in [1.807, 2.05) is 0 Å². The highest BCUT2D eigenvalue weighted by atomic mass is 16.4. The molecule has 0 aliphatic heterocycles. The molecule has 0 spiro atoms. The van der Waals surface area contributed by atoms with Crippen molar-refractivity contribution in [1.29, 1.82) is 0 Å². The van der Waals surface area contributed by atoms with Crippen molar-refractivity contribution >= 4 is 5.97 Å². The Bertz CT molecular complexity index is 430. The summed E-state index contributed by atoms with van der Waals surface area (Å²) in [7, 11) is 0. The average Bonchev–Trinajstić information content (AvgIpc) is 2.45. The fraction of sp³-hybridized carbons (Fsp3) is 0.333. The van der Waals surface area contributed by atoms with Crippen molar-refractivity contribution in [3.8, 4) is 0 Å². The van der Waals surface area contributed by atoms with E-state index < -0.39 is 36.5 Å². The molecule has 0 unspecified atom stereocenters. The molecule has 5 nitrogen and oxygen atoms in total. The highest BCUT2D eigenvalue weighted by Gasteiger charge is 2.11. The summed E-state index contributed by atoms with van der Waals surface area (Å²) >= 11 is 0. The topological polar surface area (TPSA) is 92.0 Å². The van der Waals surface area contributed by atoms with E-state index in [2.05, 4.69) is 9.97 Å². The third-order valence-electron chi connectivity index (χ3n) is 0.895. The maximum Gasteiger partial charge on any atom is 0.320 e. The van der Waals surface area contributed by atoms with Crippen LogP contribution in [0, 0.1) is 0 Å². The predicted octanol–water partition coefficient (Wildman–Crippen LogP) is -0.636. The fourth-order valence-electron chi connectivity index (χ4n) is 0.443. The maximum atomic E-state index is 10.7. The number of aliphatic carboxylic acids is 1. The summed E-state index contributed by atoms with van der Waals surface area (Å²) in [6, 6.07) is -2.97. The molecule has 4 N–H and O–H groups in total. The number of nitrogens with two attached hydrogens (primary N) is 1. The Hall–Kier alpha value is -1.36. The molecule has 1 rings (SSSR count). The van der Waals surface area contributed by atoms with Crippen LogP contribution in [0.15, 0.2) is 12.5 Å². The molecule has 1 aromatic rings. The van der Waals surface area contributed by atoms with Gasteiger partial charge in [-0.05, 0) is 0 Å². The van der Waals surface area contributed by atoms with E-state index in [4.69, 9.17) is 17.7 Å². The van der Waals surface area contributed by atoms with Gasteiger partial charge < -0.3 is 15.8 Å². The molecule has 0 bridgehead atoms. The third kappa shape index (κ3) is 2.05. The molecule has 0 aliphatic carbocycles. The van der Waals surface area contributed by atoms with E-state index in [1.54, 1.807) is 0 Å². The van der Waals surface area contributed by atoms with Gasteiger partial charge in [0.05, 0.1) is 9.04 Å². The number of aromatic amines is 1. The molecular formula is C6H9N3O2. The Balaban J connectivity index is 3.31. The van der Waals surface area contributed by atoms with E-state index in [-0.39, 0.29) is 0 Å². The first-order valence-electron chi connectivity index (χ1n) is 5.16. The highest BCUT2D eigenvalue weighted by Crippen LogP contribution is 1.95. The molecule has 60 valence electrons. The fourth-order valence-corrected chi connectivity index (χ4v) is 0.443. The third-order valence-corrected chi connectivity index (χ3v) is 0.895. The predicted molar refractivity (Wildman–Crippen MR) is 37.9 cm³/mol. The first-order chi connectivity index (χ1) is 7.10. The molecule has 0 saturated heterocycles. The Morgan fingerprint density at radius 3 is 3.45 bits per heavy atom. The number of hydrogen-bond donors (Lipinski definition) is 3. The number of hydrogen-bond acceptors (Lipinski definition) is 3. The zero-order valence-corrected chi connectivity index (χ0v) is 5.38. The van der Waals surface area contributed by atoms with E-state index in [0.717, 1.165) is 0 Å². The Kier molecular flexibility index (Phi) is 0.963. The number of rotatable bonds is 3. The molecule has 0 saturated carbocycles. The number of carboxylic acid groups (broad SMARTS) is 1. The van der Waals surface area contributed by atoms with Gasteiger partial charge >= 0.3 is 5.97 Å². The van der Waals surface area contributed by atoms with Crippen LogP contribution < -0.4 is 5.73 Å². The number of H-pyrrole nitrogens is 1. The van der Waals surface area contributed by atoms with Crippen LogP contribution in [-0.4, -0.2) is 27.1 Å². The van der Waals surface area contributed by atoms with Gasteiger partial charge in [0.25, 0.3) is 0 Å². The Labute approximate surface area is 70.3 Å². The zero-order chi connectivity index (χ0) is 12.7. The van der Waals surface area contributed by atoms with Gasteiger partial charge in [-0.3, -0.25) is 4.79 Å². The van der Waals surface area contributed by atoms with E-state index in [1.165, 1.54) is 0 Å². The van der Waals surface area contributed by atoms with Crippen LogP contribution in [-0.2, 0) is 11.2 Å². The Morgan fingerprint density at radius 2 is 3.00 bits per heavy atom. The van der Waals surface area contributed by atoms with Gasteiger partial charge in [0, 0.05) is 21.0 Å². The molecule has 0 fully saturated rings. The SMILES string of the molecule is [2H]c1[15n]c([2H])c(C([2H])([2H])[C@]([2H])([15NH2])C(=O)O)[15nH]1. The lowest BCUT2D eigenvalue weighted by atomic mass is 10.2. The minimum absolute atomic E-state index is 0.495. The summed E-state index contributed by atoms with van der Waals surface area (Å²) in [5.74, 6) is -1.88. The van der Waals surface area contributed by atoms with E-state index in [9.17, 15) is 4.79 Å². The van der Waals surface area contributed by atoms with Crippen LogP contribution in [0.25, 0.3) is 0 Å². The van der Waals surface area contributed by atoms with Crippen molar-refractivity contribution in [2.24, 2.45) is 5.73 Å². The lowest BCUT2D eigenvalue weighted by Gasteiger charge is -2.02. The molecule has 1 atom stereocenters. The molecular weight excluding hydrogens is 149 g/mol. The van der Waals surface area contributed by atoms with E-state index >= 15 is 0 Å². The van der Waals surface area contributed by atoms with Gasteiger partial charge in [-0.2, -0.15) is 0 Å². The lowest BCUT2D eigenvalue weighted by molar-refractivity contribution is -0.138. The molecule has 1 aromatic heterocycles. The van der Waals surface area contributed by atoms with Crippen molar-refractivity contribution in [2.75, 3.05) is 0 Å². The maximum absolute atomic E-state index is 10.7. The standard InChI is InChI=1S/C6H9N3O2/c7-5(6(10)11)1-4-2-8-3-9-4/h2-3,5H,1,7H2,(H,8,9)(H,10,11)/t5-/m0/s1/i1D2,2D,3D,5D,7+1,8+1,9+1. The number of carboxylic acids is 1. The largest absolute Gasteiger partial charge is 0.480 e. The Morgan fingerprint density at radius 1 is 2.27 bits per heavy atom. The minimum Gasteiger partial charge on any atom is -0.480 e. The van der Waals surface area contributed by atoms with Gasteiger partial charge in [0.2, 0.25) is 0 Å². The molecule has 5 heteroatoms. The summed E-state index contributed by atoms with van der Waals surface area (Å²) in [4.78, 5) is 16.0. The molecule has 11 heavy (non-hydrogen) atoms. The molecule has 0 amide bonds. The first kappa shape index (κ1) is 3.36.